The molecule has 0 radical (unpaired) electrons. The predicted molar refractivity (Wildman–Crippen MR) is 80.6 cm³/mol. The molecule has 1 saturated heterocycles. The van der Waals surface area contributed by atoms with E-state index in [1.54, 1.807) is 0 Å². The fourth-order valence-corrected chi connectivity index (χ4v) is 3.44. The first-order chi connectivity index (χ1) is 9.76. The van der Waals surface area contributed by atoms with Crippen molar-refractivity contribution in [1.82, 2.24) is 0 Å². The number of aliphatic hydroxyl groups excluding tert-OH is 1. The number of ether oxygens (including phenoxy) is 2. The highest BCUT2D eigenvalue weighted by molar-refractivity contribution is 4.85. The van der Waals surface area contributed by atoms with Gasteiger partial charge in [-0.3, -0.25) is 0 Å². The highest BCUT2D eigenvalue weighted by Gasteiger charge is 2.44. The Morgan fingerprint density at radius 2 is 1.75 bits per heavy atom. The number of hydrogen-bond donors (Lipinski definition) is 1. The van der Waals surface area contributed by atoms with E-state index in [1.807, 2.05) is 0 Å². The first kappa shape index (κ1) is 16.3. The van der Waals surface area contributed by atoms with Gasteiger partial charge in [-0.2, -0.15) is 0 Å². The molecular weight excluding hydrogens is 252 g/mol. The van der Waals surface area contributed by atoms with Gasteiger partial charge in [0.25, 0.3) is 0 Å². The van der Waals surface area contributed by atoms with E-state index in [1.165, 1.54) is 51.4 Å². The van der Waals surface area contributed by atoms with Gasteiger partial charge in [-0.1, -0.05) is 51.9 Å². The first-order valence-corrected chi connectivity index (χ1v) is 8.75. The quantitative estimate of drug-likeness (QED) is 0.680. The Bertz CT molecular complexity index is 261. The zero-order valence-corrected chi connectivity index (χ0v) is 13.1. The predicted octanol–water partition coefficient (Wildman–Crippen LogP) is 4.17. The van der Waals surface area contributed by atoms with Crippen LogP contribution in [0.3, 0.4) is 0 Å². The van der Waals surface area contributed by atoms with E-state index in [9.17, 15) is 5.11 Å². The Hall–Kier alpha value is -0.120. The number of hydrogen-bond acceptors (Lipinski definition) is 3. The van der Waals surface area contributed by atoms with Crippen LogP contribution in [0.4, 0.5) is 0 Å². The van der Waals surface area contributed by atoms with E-state index in [0.717, 1.165) is 25.7 Å². The van der Waals surface area contributed by atoms with Gasteiger partial charge in [-0.05, 0) is 19.3 Å². The van der Waals surface area contributed by atoms with Crippen molar-refractivity contribution in [3.05, 3.63) is 0 Å². The zero-order valence-electron chi connectivity index (χ0n) is 13.1. The van der Waals surface area contributed by atoms with Gasteiger partial charge in [0, 0.05) is 12.8 Å². The summed E-state index contributed by atoms with van der Waals surface area (Å²) >= 11 is 0. The van der Waals surface area contributed by atoms with Crippen LogP contribution in [0.25, 0.3) is 0 Å². The van der Waals surface area contributed by atoms with Crippen molar-refractivity contribution in [3.8, 4) is 0 Å². The largest absolute Gasteiger partial charge is 0.390 e. The number of rotatable bonds is 8. The fraction of sp³-hybridized carbons (Fsp3) is 1.00. The molecule has 1 N–H and O–H groups in total. The Kier molecular flexibility index (Phi) is 6.79. The maximum atomic E-state index is 10.3. The van der Waals surface area contributed by atoms with Gasteiger partial charge in [-0.25, -0.2) is 0 Å². The molecule has 1 spiro atoms. The van der Waals surface area contributed by atoms with Gasteiger partial charge in [0.05, 0.1) is 12.7 Å². The summed E-state index contributed by atoms with van der Waals surface area (Å²) < 4.78 is 12.0. The molecule has 0 unspecified atom stereocenters. The monoisotopic (exact) mass is 284 g/mol. The van der Waals surface area contributed by atoms with Crippen molar-refractivity contribution in [3.63, 3.8) is 0 Å². The smallest absolute Gasteiger partial charge is 0.169 e. The van der Waals surface area contributed by atoms with Gasteiger partial charge in [-0.15, -0.1) is 0 Å². The summed E-state index contributed by atoms with van der Waals surface area (Å²) in [7, 11) is 0. The fourth-order valence-electron chi connectivity index (χ4n) is 3.44. The van der Waals surface area contributed by atoms with Crippen LogP contribution in [-0.4, -0.2) is 29.7 Å². The second kappa shape index (κ2) is 8.35. The summed E-state index contributed by atoms with van der Waals surface area (Å²) in [5.74, 6) is -0.342. The lowest BCUT2D eigenvalue weighted by molar-refractivity contribution is -0.195. The normalized spacial score (nSPS) is 27.0. The standard InChI is InChI=1S/C17H32O3/c1-2-3-4-5-6-8-11-15(18)16-14-19-17(20-16)12-9-7-10-13-17/h15-16,18H,2-14H2,1H3/t15-,16-/m1/s1. The molecule has 0 bridgehead atoms. The third-order valence-corrected chi connectivity index (χ3v) is 4.77. The van der Waals surface area contributed by atoms with Gasteiger partial charge in [0.1, 0.15) is 6.10 Å². The second-order valence-corrected chi connectivity index (χ2v) is 6.56. The van der Waals surface area contributed by atoms with Crippen LogP contribution >= 0.6 is 0 Å². The lowest BCUT2D eigenvalue weighted by Crippen LogP contribution is -2.36. The lowest BCUT2D eigenvalue weighted by atomic mass is 9.94. The van der Waals surface area contributed by atoms with E-state index in [2.05, 4.69) is 6.92 Å². The Labute approximate surface area is 124 Å². The van der Waals surface area contributed by atoms with E-state index in [4.69, 9.17) is 9.47 Å². The van der Waals surface area contributed by atoms with Gasteiger partial charge < -0.3 is 14.6 Å². The summed E-state index contributed by atoms with van der Waals surface area (Å²) in [6, 6.07) is 0. The van der Waals surface area contributed by atoms with Crippen LogP contribution in [0.5, 0.6) is 0 Å². The zero-order chi connectivity index (χ0) is 14.3. The Morgan fingerprint density at radius 1 is 1.05 bits per heavy atom. The lowest BCUT2D eigenvalue weighted by Gasteiger charge is -2.32. The molecule has 1 saturated carbocycles. The summed E-state index contributed by atoms with van der Waals surface area (Å²) in [6.07, 6.45) is 13.7. The maximum Gasteiger partial charge on any atom is 0.169 e. The average molecular weight is 284 g/mol. The number of unbranched alkanes of at least 4 members (excludes halogenated alkanes) is 5. The third kappa shape index (κ3) is 4.71. The van der Waals surface area contributed by atoms with Gasteiger partial charge in [0.15, 0.2) is 5.79 Å². The molecule has 2 atom stereocenters. The summed E-state index contributed by atoms with van der Waals surface area (Å²) in [5.41, 5.74) is 0. The molecule has 20 heavy (non-hydrogen) atoms. The summed E-state index contributed by atoms with van der Waals surface area (Å²) in [6.45, 7) is 2.82. The molecule has 118 valence electrons. The van der Waals surface area contributed by atoms with Crippen molar-refractivity contribution in [1.29, 1.82) is 0 Å². The number of aliphatic hydroxyl groups is 1. The van der Waals surface area contributed by atoms with E-state index < -0.39 is 0 Å². The Morgan fingerprint density at radius 3 is 2.50 bits per heavy atom. The molecule has 2 fully saturated rings. The molecular formula is C17H32O3. The summed E-state index contributed by atoms with van der Waals surface area (Å²) in [5, 5.41) is 10.3. The topological polar surface area (TPSA) is 38.7 Å². The van der Waals surface area contributed by atoms with Gasteiger partial charge in [0.2, 0.25) is 0 Å². The first-order valence-electron chi connectivity index (χ1n) is 8.75. The van der Waals surface area contributed by atoms with Crippen LogP contribution < -0.4 is 0 Å². The van der Waals surface area contributed by atoms with Gasteiger partial charge >= 0.3 is 0 Å². The molecule has 2 aliphatic rings. The van der Waals surface area contributed by atoms with E-state index in [-0.39, 0.29) is 18.0 Å². The molecule has 0 aromatic carbocycles. The second-order valence-electron chi connectivity index (χ2n) is 6.56. The van der Waals surface area contributed by atoms with Crippen LogP contribution in [0.2, 0.25) is 0 Å². The minimum atomic E-state index is -0.345. The Balaban J connectivity index is 1.60. The van der Waals surface area contributed by atoms with Crippen LogP contribution in [0.1, 0.15) is 84.0 Å². The highest BCUT2D eigenvalue weighted by atomic mass is 16.7. The molecule has 1 heterocycles. The maximum absolute atomic E-state index is 10.3. The summed E-state index contributed by atoms with van der Waals surface area (Å²) in [4.78, 5) is 0. The molecule has 3 heteroatoms. The molecule has 1 aliphatic carbocycles. The molecule has 2 rings (SSSR count). The molecule has 1 aliphatic heterocycles. The minimum Gasteiger partial charge on any atom is -0.390 e. The third-order valence-electron chi connectivity index (χ3n) is 4.77. The average Bonchev–Trinajstić information content (AvgIpc) is 2.87. The molecule has 0 aromatic rings. The molecule has 3 nitrogen and oxygen atoms in total. The van der Waals surface area contributed by atoms with Crippen molar-refractivity contribution >= 4 is 0 Å². The van der Waals surface area contributed by atoms with E-state index in [0.29, 0.717) is 6.61 Å². The SMILES string of the molecule is CCCCCCCC[C@@H](O)[C@H]1COC2(CCCCC2)O1. The van der Waals surface area contributed by atoms with Crippen molar-refractivity contribution in [2.24, 2.45) is 0 Å². The van der Waals surface area contributed by atoms with Crippen LogP contribution in [0.15, 0.2) is 0 Å². The van der Waals surface area contributed by atoms with Crippen molar-refractivity contribution in [2.75, 3.05) is 6.61 Å². The van der Waals surface area contributed by atoms with Crippen LogP contribution in [-0.2, 0) is 9.47 Å². The van der Waals surface area contributed by atoms with Crippen LogP contribution in [0, 0.1) is 0 Å². The minimum absolute atomic E-state index is 0.0938. The highest BCUT2D eigenvalue weighted by Crippen LogP contribution is 2.38. The molecule has 0 amide bonds. The van der Waals surface area contributed by atoms with Crippen molar-refractivity contribution < 1.29 is 14.6 Å². The van der Waals surface area contributed by atoms with Crippen molar-refractivity contribution in [2.45, 2.75) is 102 Å². The van der Waals surface area contributed by atoms with E-state index >= 15 is 0 Å². The molecule has 0 aromatic heterocycles.